The summed E-state index contributed by atoms with van der Waals surface area (Å²) < 4.78 is 5.50. The largest absolute Gasteiger partial charge is 0.377 e. The number of amides is 1. The fourth-order valence-corrected chi connectivity index (χ4v) is 4.21. The van der Waals surface area contributed by atoms with Gasteiger partial charge in [0.25, 0.3) is 0 Å². The van der Waals surface area contributed by atoms with E-state index in [4.69, 9.17) is 10.5 Å². The fraction of sp³-hybridized carbons (Fsp3) is 0.500. The van der Waals surface area contributed by atoms with Gasteiger partial charge in [-0.25, -0.2) is 0 Å². The molecule has 0 unspecified atom stereocenters. The zero-order valence-electron chi connectivity index (χ0n) is 15.2. The van der Waals surface area contributed by atoms with Gasteiger partial charge < -0.3 is 20.3 Å². The molecule has 2 N–H and O–H groups in total. The maximum atomic E-state index is 12.8. The predicted octanol–water partition coefficient (Wildman–Crippen LogP) is 1.64. The number of aromatic nitrogens is 1. The van der Waals surface area contributed by atoms with Gasteiger partial charge in [-0.2, -0.15) is 0 Å². The van der Waals surface area contributed by atoms with E-state index >= 15 is 0 Å². The highest BCUT2D eigenvalue weighted by molar-refractivity contribution is 5.93. The molecular weight excluding hydrogens is 328 g/mol. The van der Waals surface area contributed by atoms with Crippen molar-refractivity contribution in [2.75, 3.05) is 44.7 Å². The lowest BCUT2D eigenvalue weighted by Gasteiger charge is -2.47. The van der Waals surface area contributed by atoms with Crippen molar-refractivity contribution in [1.29, 1.82) is 0 Å². The number of fused-ring (bicyclic) bond motifs is 1. The highest BCUT2D eigenvalue weighted by Gasteiger charge is 2.48. The Morgan fingerprint density at radius 3 is 2.65 bits per heavy atom. The van der Waals surface area contributed by atoms with Crippen molar-refractivity contribution in [2.45, 2.75) is 18.4 Å². The summed E-state index contributed by atoms with van der Waals surface area (Å²) >= 11 is 0. The zero-order chi connectivity index (χ0) is 18.1. The first kappa shape index (κ1) is 17.2. The lowest BCUT2D eigenvalue weighted by molar-refractivity contribution is -0.155. The maximum absolute atomic E-state index is 12.8. The topological polar surface area (TPSA) is 71.7 Å². The van der Waals surface area contributed by atoms with Crippen LogP contribution in [0.2, 0.25) is 0 Å². The molecule has 6 nitrogen and oxygen atoms in total. The summed E-state index contributed by atoms with van der Waals surface area (Å²) in [5.74, 6) is 0.311. The number of benzene rings is 1. The van der Waals surface area contributed by atoms with Gasteiger partial charge in [0.15, 0.2) is 0 Å². The minimum absolute atomic E-state index is 0.0595. The van der Waals surface area contributed by atoms with Crippen LogP contribution in [0.1, 0.15) is 12.8 Å². The van der Waals surface area contributed by atoms with E-state index in [0.717, 1.165) is 50.1 Å². The van der Waals surface area contributed by atoms with Crippen LogP contribution in [0.15, 0.2) is 36.7 Å². The number of methoxy groups -OCH3 is 1. The van der Waals surface area contributed by atoms with E-state index in [1.54, 1.807) is 7.11 Å². The molecule has 1 aliphatic heterocycles. The maximum Gasteiger partial charge on any atom is 0.226 e. The highest BCUT2D eigenvalue weighted by atomic mass is 16.5. The summed E-state index contributed by atoms with van der Waals surface area (Å²) in [4.78, 5) is 21.5. The van der Waals surface area contributed by atoms with Crippen molar-refractivity contribution in [2.24, 2.45) is 11.7 Å². The predicted molar refractivity (Wildman–Crippen MR) is 102 cm³/mol. The lowest BCUT2D eigenvalue weighted by atomic mass is 9.70. The molecule has 0 spiro atoms. The molecule has 1 amide bonds. The third kappa shape index (κ3) is 2.93. The van der Waals surface area contributed by atoms with Gasteiger partial charge in [-0.15, -0.1) is 0 Å². The van der Waals surface area contributed by atoms with Crippen LogP contribution in [0.4, 0.5) is 5.69 Å². The number of nitrogens with zero attached hydrogens (tertiary/aromatic N) is 3. The standard InChI is InChI=1S/C20H26N4O2/c1-26-20(14-21)10-16(11-20)19(25)24-8-6-23(7-9-24)18-13-22-12-15-4-2-3-5-17(15)18/h2-5,12-13,16H,6-11,14,21H2,1H3. The number of carbonyl (C=O) groups excluding carboxylic acids is 1. The molecule has 2 aliphatic rings. The Labute approximate surface area is 153 Å². The third-order valence-corrected chi connectivity index (χ3v) is 5.97. The Balaban J connectivity index is 1.39. The van der Waals surface area contributed by atoms with Crippen molar-refractivity contribution in [3.05, 3.63) is 36.7 Å². The average Bonchev–Trinajstić information content (AvgIpc) is 2.67. The van der Waals surface area contributed by atoms with Crippen LogP contribution in [-0.4, -0.2) is 61.2 Å². The monoisotopic (exact) mass is 354 g/mol. The van der Waals surface area contributed by atoms with E-state index in [1.165, 1.54) is 5.39 Å². The van der Waals surface area contributed by atoms with Crippen LogP contribution in [0.3, 0.4) is 0 Å². The lowest BCUT2D eigenvalue weighted by Crippen LogP contribution is -2.58. The molecule has 2 aromatic rings. The van der Waals surface area contributed by atoms with Gasteiger partial charge in [0, 0.05) is 62.7 Å². The number of rotatable bonds is 4. The van der Waals surface area contributed by atoms with Gasteiger partial charge in [-0.3, -0.25) is 9.78 Å². The van der Waals surface area contributed by atoms with Gasteiger partial charge in [0.05, 0.1) is 17.5 Å². The van der Waals surface area contributed by atoms with Gasteiger partial charge >= 0.3 is 0 Å². The third-order valence-electron chi connectivity index (χ3n) is 5.97. The molecule has 0 atom stereocenters. The van der Waals surface area contributed by atoms with Crippen LogP contribution in [0.5, 0.6) is 0 Å². The van der Waals surface area contributed by atoms with E-state index in [9.17, 15) is 4.79 Å². The number of pyridine rings is 1. The molecule has 0 radical (unpaired) electrons. The van der Waals surface area contributed by atoms with Gasteiger partial charge in [0.1, 0.15) is 0 Å². The normalized spacial score (nSPS) is 26.0. The summed E-state index contributed by atoms with van der Waals surface area (Å²) in [5, 5.41) is 2.37. The minimum Gasteiger partial charge on any atom is -0.377 e. The van der Waals surface area contributed by atoms with Crippen LogP contribution in [0.25, 0.3) is 10.8 Å². The number of anilines is 1. The molecule has 1 saturated carbocycles. The summed E-state index contributed by atoms with van der Waals surface area (Å²) in [6.07, 6.45) is 5.31. The number of nitrogens with two attached hydrogens (primary N) is 1. The Hall–Kier alpha value is -2.18. The van der Waals surface area contributed by atoms with E-state index in [2.05, 4.69) is 28.1 Å². The highest BCUT2D eigenvalue weighted by Crippen LogP contribution is 2.41. The second kappa shape index (κ2) is 6.85. The molecule has 138 valence electrons. The molecule has 6 heteroatoms. The van der Waals surface area contributed by atoms with E-state index in [1.807, 2.05) is 23.4 Å². The second-order valence-electron chi connectivity index (χ2n) is 7.39. The number of carbonyl (C=O) groups is 1. The molecular formula is C20H26N4O2. The minimum atomic E-state index is -0.281. The second-order valence-corrected chi connectivity index (χ2v) is 7.39. The van der Waals surface area contributed by atoms with Gasteiger partial charge in [-0.1, -0.05) is 24.3 Å². The fourth-order valence-electron chi connectivity index (χ4n) is 4.21. The molecule has 0 bridgehead atoms. The molecule has 2 fully saturated rings. The first-order valence-corrected chi connectivity index (χ1v) is 9.27. The molecule has 1 saturated heterocycles. The van der Waals surface area contributed by atoms with Crippen LogP contribution >= 0.6 is 0 Å². The van der Waals surface area contributed by atoms with Crippen molar-refractivity contribution < 1.29 is 9.53 Å². The van der Waals surface area contributed by atoms with Crippen molar-refractivity contribution in [3.63, 3.8) is 0 Å². The van der Waals surface area contributed by atoms with Gasteiger partial charge in [0.2, 0.25) is 5.91 Å². The van der Waals surface area contributed by atoms with Crippen molar-refractivity contribution in [3.8, 4) is 0 Å². The Bertz CT molecular complexity index is 784. The quantitative estimate of drug-likeness (QED) is 0.904. The summed E-state index contributed by atoms with van der Waals surface area (Å²) in [5.41, 5.74) is 6.66. The SMILES string of the molecule is COC1(CN)CC(C(=O)N2CCN(c3cncc4ccccc34)CC2)C1. The van der Waals surface area contributed by atoms with E-state index in [0.29, 0.717) is 6.54 Å². The van der Waals surface area contributed by atoms with Gasteiger partial charge in [-0.05, 0) is 12.8 Å². The molecule has 4 rings (SSSR count). The van der Waals surface area contributed by atoms with Crippen LogP contribution in [0, 0.1) is 5.92 Å². The molecule has 2 heterocycles. The molecule has 26 heavy (non-hydrogen) atoms. The first-order valence-electron chi connectivity index (χ1n) is 9.27. The summed E-state index contributed by atoms with van der Waals surface area (Å²) in [7, 11) is 1.69. The van der Waals surface area contributed by atoms with Crippen LogP contribution < -0.4 is 10.6 Å². The van der Waals surface area contributed by atoms with Crippen LogP contribution in [-0.2, 0) is 9.53 Å². The number of hydrogen-bond acceptors (Lipinski definition) is 5. The van der Waals surface area contributed by atoms with Crippen molar-refractivity contribution in [1.82, 2.24) is 9.88 Å². The number of piperazine rings is 1. The molecule has 1 aromatic carbocycles. The van der Waals surface area contributed by atoms with E-state index in [-0.39, 0.29) is 17.4 Å². The average molecular weight is 354 g/mol. The zero-order valence-corrected chi connectivity index (χ0v) is 15.2. The Kier molecular flexibility index (Phi) is 4.54. The van der Waals surface area contributed by atoms with E-state index < -0.39 is 0 Å². The molecule has 1 aliphatic carbocycles. The Morgan fingerprint density at radius 2 is 1.96 bits per heavy atom. The Morgan fingerprint density at radius 1 is 1.23 bits per heavy atom. The number of hydrogen-bond donors (Lipinski definition) is 1. The smallest absolute Gasteiger partial charge is 0.226 e. The number of ether oxygens (including phenoxy) is 1. The first-order chi connectivity index (χ1) is 12.7. The summed E-state index contributed by atoms with van der Waals surface area (Å²) in [6, 6.07) is 8.31. The van der Waals surface area contributed by atoms with Crippen molar-refractivity contribution >= 4 is 22.4 Å². The summed E-state index contributed by atoms with van der Waals surface area (Å²) in [6.45, 7) is 3.65. The molecule has 1 aromatic heterocycles.